The van der Waals surface area contributed by atoms with E-state index in [-0.39, 0.29) is 10.8 Å². The molecule has 3 heterocycles. The molecule has 2 aromatic carbocycles. The number of para-hydroxylation sites is 1. The van der Waals surface area contributed by atoms with Crippen LogP contribution in [0.1, 0.15) is 28.9 Å². The Hall–Kier alpha value is -3.45. The fourth-order valence-electron chi connectivity index (χ4n) is 3.89. The quantitative estimate of drug-likeness (QED) is 0.382. The first kappa shape index (κ1) is 19.5. The van der Waals surface area contributed by atoms with Gasteiger partial charge in [0.15, 0.2) is 5.16 Å². The van der Waals surface area contributed by atoms with Gasteiger partial charge in [-0.05, 0) is 62.2 Å². The standard InChI is InChI=1S/C24H21N5OS/c1-15-8-9-20(16(2)14-15)28-22(30)19-6-4-5-7-21(19)29-23(28)26-27-24(29)31-17(3)18-10-12-25-13-11-18/h4-14,17H,1-3H3. The van der Waals surface area contributed by atoms with Crippen LogP contribution >= 0.6 is 11.8 Å². The lowest BCUT2D eigenvalue weighted by Gasteiger charge is -2.14. The number of benzene rings is 2. The molecule has 0 saturated carbocycles. The number of aromatic nitrogens is 5. The number of thioether (sulfide) groups is 1. The van der Waals surface area contributed by atoms with Gasteiger partial charge in [-0.25, -0.2) is 4.57 Å². The minimum Gasteiger partial charge on any atom is -0.268 e. The van der Waals surface area contributed by atoms with Crippen molar-refractivity contribution in [3.63, 3.8) is 0 Å². The smallest absolute Gasteiger partial charge is 0.267 e. The molecule has 3 aromatic heterocycles. The van der Waals surface area contributed by atoms with E-state index < -0.39 is 0 Å². The van der Waals surface area contributed by atoms with E-state index in [1.165, 1.54) is 0 Å². The zero-order valence-corrected chi connectivity index (χ0v) is 18.3. The lowest BCUT2D eigenvalue weighted by Crippen LogP contribution is -2.22. The van der Waals surface area contributed by atoms with E-state index in [0.29, 0.717) is 11.2 Å². The predicted octanol–water partition coefficient (Wildman–Crippen LogP) is 4.90. The number of pyridine rings is 1. The lowest BCUT2D eigenvalue weighted by molar-refractivity contribution is 0.919. The number of rotatable bonds is 4. The molecule has 5 aromatic rings. The molecule has 6 nitrogen and oxygen atoms in total. The molecule has 0 fully saturated rings. The van der Waals surface area contributed by atoms with Crippen LogP contribution in [0.2, 0.25) is 0 Å². The predicted molar refractivity (Wildman–Crippen MR) is 124 cm³/mol. The van der Waals surface area contributed by atoms with Gasteiger partial charge < -0.3 is 0 Å². The van der Waals surface area contributed by atoms with Gasteiger partial charge in [0.25, 0.3) is 5.56 Å². The molecule has 0 N–H and O–H groups in total. The van der Waals surface area contributed by atoms with Crippen LogP contribution in [0.25, 0.3) is 22.4 Å². The summed E-state index contributed by atoms with van der Waals surface area (Å²) < 4.78 is 3.66. The van der Waals surface area contributed by atoms with Crippen molar-refractivity contribution in [3.8, 4) is 5.69 Å². The lowest BCUT2D eigenvalue weighted by atomic mass is 10.1. The zero-order chi connectivity index (χ0) is 21.5. The molecule has 0 spiro atoms. The number of nitrogens with zero attached hydrogens (tertiary/aromatic N) is 5. The second-order valence-corrected chi connectivity index (χ2v) is 8.91. The van der Waals surface area contributed by atoms with Crippen molar-refractivity contribution in [1.82, 2.24) is 24.1 Å². The monoisotopic (exact) mass is 427 g/mol. The molecular formula is C24H21N5OS. The average molecular weight is 428 g/mol. The summed E-state index contributed by atoms with van der Waals surface area (Å²) in [4.78, 5) is 17.6. The highest BCUT2D eigenvalue weighted by Crippen LogP contribution is 2.34. The van der Waals surface area contributed by atoms with Crippen molar-refractivity contribution in [2.75, 3.05) is 0 Å². The van der Waals surface area contributed by atoms with Crippen LogP contribution < -0.4 is 5.56 Å². The van der Waals surface area contributed by atoms with Gasteiger partial charge in [-0.1, -0.05) is 41.6 Å². The first-order chi connectivity index (χ1) is 15.0. The molecular weight excluding hydrogens is 406 g/mol. The van der Waals surface area contributed by atoms with Gasteiger partial charge in [-0.3, -0.25) is 14.2 Å². The van der Waals surface area contributed by atoms with Crippen LogP contribution in [0, 0.1) is 13.8 Å². The molecule has 0 aliphatic carbocycles. The SMILES string of the molecule is Cc1ccc(-n2c(=O)c3ccccc3n3c(SC(C)c4ccncc4)nnc23)c(C)c1. The minimum absolute atomic E-state index is 0.0961. The molecule has 154 valence electrons. The van der Waals surface area contributed by atoms with E-state index in [4.69, 9.17) is 0 Å². The number of hydrogen-bond acceptors (Lipinski definition) is 5. The number of fused-ring (bicyclic) bond motifs is 3. The van der Waals surface area contributed by atoms with Gasteiger partial charge in [0.05, 0.1) is 16.6 Å². The van der Waals surface area contributed by atoms with E-state index in [1.54, 1.807) is 28.7 Å². The highest BCUT2D eigenvalue weighted by molar-refractivity contribution is 7.99. The van der Waals surface area contributed by atoms with Crippen LogP contribution in [0.4, 0.5) is 0 Å². The molecule has 1 unspecified atom stereocenters. The third-order valence-corrected chi connectivity index (χ3v) is 6.55. The summed E-state index contributed by atoms with van der Waals surface area (Å²) in [5, 5.41) is 10.5. The zero-order valence-electron chi connectivity index (χ0n) is 17.5. The Balaban J connectivity index is 1.77. The maximum absolute atomic E-state index is 13.5. The number of aryl methyl sites for hydroxylation is 2. The fraction of sp³-hybridized carbons (Fsp3) is 0.167. The highest BCUT2D eigenvalue weighted by Gasteiger charge is 2.20. The topological polar surface area (TPSA) is 65.1 Å². The molecule has 0 saturated heterocycles. The Morgan fingerprint density at radius 3 is 2.52 bits per heavy atom. The van der Waals surface area contributed by atoms with E-state index in [1.807, 2.05) is 66.8 Å². The van der Waals surface area contributed by atoms with Crippen molar-refractivity contribution >= 4 is 28.4 Å². The second-order valence-electron chi connectivity index (χ2n) is 7.61. The Kier molecular flexibility index (Phi) is 4.82. The summed E-state index contributed by atoms with van der Waals surface area (Å²) in [6.45, 7) is 6.18. The third kappa shape index (κ3) is 3.31. The van der Waals surface area contributed by atoms with Gasteiger partial charge in [-0.2, -0.15) is 0 Å². The number of hydrogen-bond donors (Lipinski definition) is 0. The average Bonchev–Trinajstić information content (AvgIpc) is 3.19. The summed E-state index contributed by atoms with van der Waals surface area (Å²) in [6, 6.07) is 17.7. The summed E-state index contributed by atoms with van der Waals surface area (Å²) in [5.74, 6) is 0.514. The summed E-state index contributed by atoms with van der Waals surface area (Å²) in [7, 11) is 0. The van der Waals surface area contributed by atoms with E-state index >= 15 is 0 Å². The summed E-state index contributed by atoms with van der Waals surface area (Å²) in [6.07, 6.45) is 3.59. The van der Waals surface area contributed by atoms with Gasteiger partial charge in [0.1, 0.15) is 0 Å². The molecule has 0 aliphatic rings. The van der Waals surface area contributed by atoms with E-state index in [2.05, 4.69) is 28.2 Å². The Labute approximate surface area is 183 Å². The van der Waals surface area contributed by atoms with Crippen LogP contribution in [0.3, 0.4) is 0 Å². The molecule has 1 atom stereocenters. The molecule has 5 rings (SSSR count). The van der Waals surface area contributed by atoms with Gasteiger partial charge in [0.2, 0.25) is 5.78 Å². The van der Waals surface area contributed by atoms with Gasteiger partial charge in [-0.15, -0.1) is 10.2 Å². The largest absolute Gasteiger partial charge is 0.268 e. The van der Waals surface area contributed by atoms with Crippen molar-refractivity contribution in [2.24, 2.45) is 0 Å². The van der Waals surface area contributed by atoms with Crippen LogP contribution in [0.15, 0.2) is 76.9 Å². The van der Waals surface area contributed by atoms with Crippen molar-refractivity contribution in [1.29, 1.82) is 0 Å². The highest BCUT2D eigenvalue weighted by atomic mass is 32.2. The van der Waals surface area contributed by atoms with Crippen molar-refractivity contribution in [3.05, 3.63) is 94.0 Å². The molecule has 31 heavy (non-hydrogen) atoms. The third-order valence-electron chi connectivity index (χ3n) is 5.45. The Bertz CT molecular complexity index is 1470. The maximum atomic E-state index is 13.5. The minimum atomic E-state index is -0.0961. The molecule has 0 radical (unpaired) electrons. The summed E-state index contributed by atoms with van der Waals surface area (Å²) >= 11 is 1.61. The van der Waals surface area contributed by atoms with E-state index in [9.17, 15) is 4.79 Å². The van der Waals surface area contributed by atoms with Crippen molar-refractivity contribution in [2.45, 2.75) is 31.2 Å². The van der Waals surface area contributed by atoms with Gasteiger partial charge in [0, 0.05) is 17.6 Å². The normalized spacial score (nSPS) is 12.5. The second kappa shape index (κ2) is 7.67. The molecule has 0 amide bonds. The van der Waals surface area contributed by atoms with Crippen LogP contribution in [-0.2, 0) is 0 Å². The van der Waals surface area contributed by atoms with E-state index in [0.717, 1.165) is 33.1 Å². The summed E-state index contributed by atoms with van der Waals surface area (Å²) in [5.41, 5.74) is 4.84. The van der Waals surface area contributed by atoms with Crippen molar-refractivity contribution < 1.29 is 0 Å². The fourth-order valence-corrected chi connectivity index (χ4v) is 4.87. The first-order valence-electron chi connectivity index (χ1n) is 10.1. The first-order valence-corrected chi connectivity index (χ1v) is 11.0. The Morgan fingerprint density at radius 1 is 0.968 bits per heavy atom. The maximum Gasteiger partial charge on any atom is 0.267 e. The van der Waals surface area contributed by atoms with Gasteiger partial charge >= 0.3 is 0 Å². The Morgan fingerprint density at radius 2 is 1.74 bits per heavy atom. The molecule has 7 heteroatoms. The molecule has 0 aliphatic heterocycles. The molecule has 0 bridgehead atoms. The van der Waals surface area contributed by atoms with Crippen LogP contribution in [0.5, 0.6) is 0 Å². The van der Waals surface area contributed by atoms with Crippen LogP contribution in [-0.4, -0.2) is 24.1 Å².